The molecule has 1 rings (SSSR count). The van der Waals surface area contributed by atoms with Crippen LogP contribution < -0.4 is 5.32 Å². The topological polar surface area (TPSA) is 38.3 Å². The molecule has 3 nitrogen and oxygen atoms in total. The number of ether oxygens (including phenoxy) is 1. The van der Waals surface area contributed by atoms with E-state index in [1.54, 1.807) is 0 Å². The number of amides is 1. The fourth-order valence-corrected chi connectivity index (χ4v) is 2.94. The standard InChI is InChI=1S/C17H33NO2/c1-12(16(2,3)4)13-8-10-14(11-9-13)18-15(19)20-17(5,6)7/h12-14H,8-11H2,1-7H3,(H,18,19)/t12?,13-,14+. The molecule has 0 aromatic carbocycles. The van der Waals surface area contributed by atoms with Gasteiger partial charge in [0.1, 0.15) is 5.60 Å². The Morgan fingerprint density at radius 1 is 1.05 bits per heavy atom. The number of nitrogens with one attached hydrogen (secondary N) is 1. The molecule has 0 bridgehead atoms. The number of hydrogen-bond donors (Lipinski definition) is 1. The van der Waals surface area contributed by atoms with Crippen LogP contribution in [0.5, 0.6) is 0 Å². The van der Waals surface area contributed by atoms with E-state index in [0.29, 0.717) is 5.41 Å². The maximum Gasteiger partial charge on any atom is 0.407 e. The molecule has 0 heterocycles. The van der Waals surface area contributed by atoms with E-state index in [9.17, 15) is 4.79 Å². The minimum atomic E-state index is -0.415. The highest BCUT2D eigenvalue weighted by molar-refractivity contribution is 5.68. The van der Waals surface area contributed by atoms with Crippen molar-refractivity contribution in [3.63, 3.8) is 0 Å². The first-order valence-electron chi connectivity index (χ1n) is 7.98. The van der Waals surface area contributed by atoms with Gasteiger partial charge < -0.3 is 10.1 Å². The Morgan fingerprint density at radius 3 is 1.95 bits per heavy atom. The number of hydrogen-bond acceptors (Lipinski definition) is 2. The summed E-state index contributed by atoms with van der Waals surface area (Å²) >= 11 is 0. The second-order valence-corrected chi connectivity index (χ2v) is 8.41. The lowest BCUT2D eigenvalue weighted by Gasteiger charge is -2.39. The minimum Gasteiger partial charge on any atom is -0.444 e. The molecule has 1 atom stereocenters. The van der Waals surface area contributed by atoms with Crippen molar-refractivity contribution in [2.75, 3.05) is 0 Å². The summed E-state index contributed by atoms with van der Waals surface area (Å²) in [7, 11) is 0. The Balaban J connectivity index is 2.38. The van der Waals surface area contributed by atoms with Gasteiger partial charge in [-0.2, -0.15) is 0 Å². The molecule has 0 radical (unpaired) electrons. The maximum absolute atomic E-state index is 11.8. The van der Waals surface area contributed by atoms with E-state index in [4.69, 9.17) is 4.74 Å². The van der Waals surface area contributed by atoms with Crippen LogP contribution in [0.2, 0.25) is 0 Å². The summed E-state index contributed by atoms with van der Waals surface area (Å²) in [6.45, 7) is 15.0. The molecule has 1 aliphatic carbocycles. The van der Waals surface area contributed by atoms with E-state index in [2.05, 4.69) is 33.0 Å². The van der Waals surface area contributed by atoms with Gasteiger partial charge >= 0.3 is 6.09 Å². The van der Waals surface area contributed by atoms with Crippen molar-refractivity contribution in [3.05, 3.63) is 0 Å². The molecular formula is C17H33NO2. The van der Waals surface area contributed by atoms with Crippen LogP contribution in [0.25, 0.3) is 0 Å². The average Bonchev–Trinajstić information content (AvgIpc) is 2.25. The lowest BCUT2D eigenvalue weighted by molar-refractivity contribution is 0.0471. The quantitative estimate of drug-likeness (QED) is 0.794. The van der Waals surface area contributed by atoms with Gasteiger partial charge in [-0.1, -0.05) is 27.7 Å². The second kappa shape index (κ2) is 6.36. The Kier molecular flexibility index (Phi) is 5.51. The maximum atomic E-state index is 11.8. The van der Waals surface area contributed by atoms with Crippen LogP contribution in [0.4, 0.5) is 4.79 Å². The first kappa shape index (κ1) is 17.3. The number of alkyl carbamates (subject to hydrolysis) is 1. The number of carbonyl (C=O) groups excluding carboxylic acids is 1. The van der Waals surface area contributed by atoms with Crippen LogP contribution in [0.1, 0.15) is 74.1 Å². The van der Waals surface area contributed by atoms with Crippen LogP contribution >= 0.6 is 0 Å². The van der Waals surface area contributed by atoms with Gasteiger partial charge in [0.25, 0.3) is 0 Å². The van der Waals surface area contributed by atoms with Gasteiger partial charge in [0.15, 0.2) is 0 Å². The Morgan fingerprint density at radius 2 is 1.55 bits per heavy atom. The predicted molar refractivity (Wildman–Crippen MR) is 83.7 cm³/mol. The highest BCUT2D eigenvalue weighted by atomic mass is 16.6. The van der Waals surface area contributed by atoms with Gasteiger partial charge in [0, 0.05) is 6.04 Å². The Labute approximate surface area is 124 Å². The van der Waals surface area contributed by atoms with E-state index >= 15 is 0 Å². The average molecular weight is 283 g/mol. The van der Waals surface area contributed by atoms with Crippen LogP contribution in [0.15, 0.2) is 0 Å². The molecule has 1 unspecified atom stereocenters. The molecule has 0 aromatic heterocycles. The molecule has 0 aliphatic heterocycles. The Hall–Kier alpha value is -0.730. The largest absolute Gasteiger partial charge is 0.444 e. The van der Waals surface area contributed by atoms with Crippen molar-refractivity contribution in [2.45, 2.75) is 85.8 Å². The third kappa shape index (κ3) is 5.72. The molecule has 1 N–H and O–H groups in total. The van der Waals surface area contributed by atoms with Crippen LogP contribution in [-0.2, 0) is 4.74 Å². The molecule has 0 saturated heterocycles. The normalized spacial score (nSPS) is 25.9. The second-order valence-electron chi connectivity index (χ2n) is 8.41. The summed E-state index contributed by atoms with van der Waals surface area (Å²) < 4.78 is 5.32. The zero-order valence-corrected chi connectivity index (χ0v) is 14.4. The SMILES string of the molecule is CC([C@H]1CC[C@@H](NC(=O)OC(C)(C)C)CC1)C(C)(C)C. The summed E-state index contributed by atoms with van der Waals surface area (Å²) in [6.07, 6.45) is 4.29. The predicted octanol–water partition coefficient (Wildman–Crippen LogP) is 4.75. The number of carbonyl (C=O) groups is 1. The zero-order chi connectivity index (χ0) is 15.6. The molecular weight excluding hydrogens is 250 g/mol. The molecule has 1 aliphatic rings. The van der Waals surface area contributed by atoms with Crippen molar-refractivity contribution in [1.29, 1.82) is 0 Å². The van der Waals surface area contributed by atoms with Crippen molar-refractivity contribution in [3.8, 4) is 0 Å². The van der Waals surface area contributed by atoms with Gasteiger partial charge in [0.05, 0.1) is 0 Å². The highest BCUT2D eigenvalue weighted by Gasteiger charge is 2.32. The molecule has 118 valence electrons. The Bertz CT molecular complexity index is 317. The monoisotopic (exact) mass is 283 g/mol. The van der Waals surface area contributed by atoms with Crippen LogP contribution in [0.3, 0.4) is 0 Å². The molecule has 0 spiro atoms. The van der Waals surface area contributed by atoms with Gasteiger partial charge in [-0.25, -0.2) is 4.79 Å². The smallest absolute Gasteiger partial charge is 0.407 e. The number of rotatable bonds is 2. The summed E-state index contributed by atoms with van der Waals surface area (Å²) in [5.74, 6) is 1.51. The van der Waals surface area contributed by atoms with E-state index in [1.807, 2.05) is 20.8 Å². The third-order valence-corrected chi connectivity index (χ3v) is 4.57. The van der Waals surface area contributed by atoms with Crippen molar-refractivity contribution in [2.24, 2.45) is 17.3 Å². The molecule has 20 heavy (non-hydrogen) atoms. The van der Waals surface area contributed by atoms with Gasteiger partial charge in [-0.05, 0) is 63.7 Å². The van der Waals surface area contributed by atoms with Crippen LogP contribution in [-0.4, -0.2) is 17.7 Å². The molecule has 1 saturated carbocycles. The molecule has 1 amide bonds. The summed E-state index contributed by atoms with van der Waals surface area (Å²) in [6, 6.07) is 0.285. The van der Waals surface area contributed by atoms with Gasteiger partial charge in [0.2, 0.25) is 0 Å². The molecule has 0 aromatic rings. The lowest BCUT2D eigenvalue weighted by atomic mass is 9.69. The van der Waals surface area contributed by atoms with E-state index in [-0.39, 0.29) is 12.1 Å². The summed E-state index contributed by atoms with van der Waals surface area (Å²) in [4.78, 5) is 11.8. The fraction of sp³-hybridized carbons (Fsp3) is 0.941. The van der Waals surface area contributed by atoms with E-state index in [0.717, 1.165) is 24.7 Å². The molecule has 3 heteroatoms. The van der Waals surface area contributed by atoms with Crippen molar-refractivity contribution in [1.82, 2.24) is 5.32 Å². The third-order valence-electron chi connectivity index (χ3n) is 4.57. The zero-order valence-electron chi connectivity index (χ0n) is 14.4. The summed E-state index contributed by atoms with van der Waals surface area (Å²) in [5.41, 5.74) is -0.0435. The van der Waals surface area contributed by atoms with E-state index < -0.39 is 5.60 Å². The van der Waals surface area contributed by atoms with Crippen molar-refractivity contribution >= 4 is 6.09 Å². The molecule has 1 fully saturated rings. The first-order valence-corrected chi connectivity index (χ1v) is 7.98. The van der Waals surface area contributed by atoms with Gasteiger partial charge in [-0.3, -0.25) is 0 Å². The fourth-order valence-electron chi connectivity index (χ4n) is 2.94. The van der Waals surface area contributed by atoms with Crippen LogP contribution in [0, 0.1) is 17.3 Å². The minimum absolute atomic E-state index is 0.273. The summed E-state index contributed by atoms with van der Waals surface area (Å²) in [5, 5.41) is 3.01. The van der Waals surface area contributed by atoms with Crippen molar-refractivity contribution < 1.29 is 9.53 Å². The van der Waals surface area contributed by atoms with E-state index in [1.165, 1.54) is 12.8 Å². The van der Waals surface area contributed by atoms with Gasteiger partial charge in [-0.15, -0.1) is 0 Å². The lowest BCUT2D eigenvalue weighted by Crippen LogP contribution is -2.42. The highest BCUT2D eigenvalue weighted by Crippen LogP contribution is 2.39. The first-order chi connectivity index (χ1) is 8.99.